The Labute approximate surface area is 104 Å². The molecule has 4 heteroatoms. The molecule has 0 fully saturated rings. The largest absolute Gasteiger partial charge is 0.233 e. The van der Waals surface area contributed by atoms with E-state index in [1.165, 1.54) is 11.9 Å². The number of hydrogen-bond donors (Lipinski definition) is 0. The Hall–Kier alpha value is -1.48. The van der Waals surface area contributed by atoms with Crippen LogP contribution in [-0.4, -0.2) is 9.97 Å². The molecule has 0 bridgehead atoms. The van der Waals surface area contributed by atoms with Crippen molar-refractivity contribution in [1.29, 1.82) is 0 Å². The van der Waals surface area contributed by atoms with E-state index in [1.807, 2.05) is 24.3 Å². The SMILES string of the molecule is CCCc1ccc(-c2ncnc(Cl)c2F)cc1. The second-order valence-electron chi connectivity index (χ2n) is 3.77. The Kier molecular flexibility index (Phi) is 3.69. The summed E-state index contributed by atoms with van der Waals surface area (Å²) >= 11 is 5.62. The van der Waals surface area contributed by atoms with Crippen LogP contribution in [0.3, 0.4) is 0 Å². The van der Waals surface area contributed by atoms with Crippen molar-refractivity contribution >= 4 is 11.6 Å². The predicted molar refractivity (Wildman–Crippen MR) is 66.4 cm³/mol. The van der Waals surface area contributed by atoms with Gasteiger partial charge in [0.1, 0.15) is 12.0 Å². The van der Waals surface area contributed by atoms with Gasteiger partial charge in [-0.15, -0.1) is 0 Å². The molecule has 2 aromatic rings. The zero-order valence-corrected chi connectivity index (χ0v) is 10.2. The van der Waals surface area contributed by atoms with Crippen LogP contribution in [0.2, 0.25) is 5.15 Å². The monoisotopic (exact) mass is 250 g/mol. The number of hydrogen-bond acceptors (Lipinski definition) is 2. The molecule has 2 rings (SSSR count). The highest BCUT2D eigenvalue weighted by molar-refractivity contribution is 6.29. The minimum absolute atomic E-state index is 0.146. The van der Waals surface area contributed by atoms with Crippen molar-refractivity contribution in [3.63, 3.8) is 0 Å². The number of rotatable bonds is 3. The lowest BCUT2D eigenvalue weighted by Gasteiger charge is -2.04. The summed E-state index contributed by atoms with van der Waals surface area (Å²) < 4.78 is 13.7. The van der Waals surface area contributed by atoms with E-state index in [4.69, 9.17) is 11.6 Å². The van der Waals surface area contributed by atoms with Crippen LogP contribution < -0.4 is 0 Å². The average Bonchev–Trinajstić information content (AvgIpc) is 2.34. The van der Waals surface area contributed by atoms with E-state index in [0.717, 1.165) is 12.8 Å². The molecule has 0 aliphatic heterocycles. The number of aromatic nitrogens is 2. The normalized spacial score (nSPS) is 10.5. The minimum Gasteiger partial charge on any atom is -0.233 e. The molecule has 0 saturated heterocycles. The zero-order valence-electron chi connectivity index (χ0n) is 9.45. The van der Waals surface area contributed by atoms with Crippen molar-refractivity contribution in [1.82, 2.24) is 9.97 Å². The predicted octanol–water partition coefficient (Wildman–Crippen LogP) is 3.89. The number of nitrogens with zero attached hydrogens (tertiary/aromatic N) is 2. The van der Waals surface area contributed by atoms with E-state index in [-0.39, 0.29) is 10.8 Å². The number of halogens is 2. The van der Waals surface area contributed by atoms with Gasteiger partial charge in [-0.05, 0) is 12.0 Å². The molecule has 1 heterocycles. The molecule has 1 aromatic heterocycles. The fraction of sp³-hybridized carbons (Fsp3) is 0.231. The summed E-state index contributed by atoms with van der Waals surface area (Å²) in [5.41, 5.74) is 2.19. The summed E-state index contributed by atoms with van der Waals surface area (Å²) in [6.45, 7) is 2.12. The fourth-order valence-corrected chi connectivity index (χ4v) is 1.80. The minimum atomic E-state index is -0.572. The Bertz CT molecular complexity index is 511. The third kappa shape index (κ3) is 2.61. The lowest BCUT2D eigenvalue weighted by Crippen LogP contribution is -1.93. The van der Waals surface area contributed by atoms with E-state index < -0.39 is 5.82 Å². The first-order valence-corrected chi connectivity index (χ1v) is 5.85. The van der Waals surface area contributed by atoms with Gasteiger partial charge in [-0.2, -0.15) is 0 Å². The van der Waals surface area contributed by atoms with Crippen LogP contribution in [0, 0.1) is 5.82 Å². The Balaban J connectivity index is 2.36. The van der Waals surface area contributed by atoms with E-state index in [2.05, 4.69) is 16.9 Å². The molecule has 1 aromatic carbocycles. The third-order valence-electron chi connectivity index (χ3n) is 2.51. The molecule has 0 aliphatic carbocycles. The van der Waals surface area contributed by atoms with Gasteiger partial charge in [0.15, 0.2) is 11.0 Å². The molecule has 0 radical (unpaired) electrons. The average molecular weight is 251 g/mol. The van der Waals surface area contributed by atoms with Gasteiger partial charge in [-0.1, -0.05) is 49.2 Å². The van der Waals surface area contributed by atoms with Gasteiger partial charge in [0.2, 0.25) is 0 Å². The lowest BCUT2D eigenvalue weighted by atomic mass is 10.1. The van der Waals surface area contributed by atoms with Crippen LogP contribution >= 0.6 is 11.6 Å². The highest BCUT2D eigenvalue weighted by Crippen LogP contribution is 2.24. The number of benzene rings is 1. The quantitative estimate of drug-likeness (QED) is 0.773. The fourth-order valence-electron chi connectivity index (χ4n) is 1.67. The van der Waals surface area contributed by atoms with Crippen molar-refractivity contribution in [2.45, 2.75) is 19.8 Å². The van der Waals surface area contributed by atoms with Crippen LogP contribution in [0.5, 0.6) is 0 Å². The van der Waals surface area contributed by atoms with Crippen molar-refractivity contribution < 1.29 is 4.39 Å². The van der Waals surface area contributed by atoms with Gasteiger partial charge in [-0.25, -0.2) is 14.4 Å². The molecule has 88 valence electrons. The third-order valence-corrected chi connectivity index (χ3v) is 2.78. The summed E-state index contributed by atoms with van der Waals surface area (Å²) in [5.74, 6) is -0.572. The molecule has 0 N–H and O–H groups in total. The van der Waals surface area contributed by atoms with Crippen molar-refractivity contribution in [2.24, 2.45) is 0 Å². The van der Waals surface area contributed by atoms with Gasteiger partial charge in [0.05, 0.1) is 0 Å². The molecule has 2 nitrogen and oxygen atoms in total. The van der Waals surface area contributed by atoms with Gasteiger partial charge < -0.3 is 0 Å². The van der Waals surface area contributed by atoms with E-state index in [9.17, 15) is 4.39 Å². The second-order valence-corrected chi connectivity index (χ2v) is 4.13. The summed E-state index contributed by atoms with van der Waals surface area (Å²) in [5, 5.41) is -0.146. The van der Waals surface area contributed by atoms with E-state index >= 15 is 0 Å². The highest BCUT2D eigenvalue weighted by Gasteiger charge is 2.10. The first-order chi connectivity index (χ1) is 8.22. The summed E-state index contributed by atoms with van der Waals surface area (Å²) in [6, 6.07) is 7.67. The highest BCUT2D eigenvalue weighted by atomic mass is 35.5. The Morgan fingerprint density at radius 2 is 1.88 bits per heavy atom. The summed E-state index contributed by atoms with van der Waals surface area (Å²) in [6.07, 6.45) is 3.38. The maximum Gasteiger partial charge on any atom is 0.186 e. The van der Waals surface area contributed by atoms with Crippen LogP contribution in [0.1, 0.15) is 18.9 Å². The maximum atomic E-state index is 13.7. The summed E-state index contributed by atoms with van der Waals surface area (Å²) in [4.78, 5) is 7.51. The molecular formula is C13H12ClFN2. The standard InChI is InChI=1S/C13H12ClFN2/c1-2-3-9-4-6-10(7-5-9)12-11(15)13(14)17-8-16-12/h4-8H,2-3H2,1H3. The van der Waals surface area contributed by atoms with Crippen LogP contribution in [-0.2, 0) is 6.42 Å². The second kappa shape index (κ2) is 5.23. The topological polar surface area (TPSA) is 25.8 Å². The van der Waals surface area contributed by atoms with Crippen molar-refractivity contribution in [3.8, 4) is 11.3 Å². The molecule has 17 heavy (non-hydrogen) atoms. The Morgan fingerprint density at radius 1 is 1.18 bits per heavy atom. The van der Waals surface area contributed by atoms with Gasteiger partial charge in [-0.3, -0.25) is 0 Å². The molecule has 0 spiro atoms. The van der Waals surface area contributed by atoms with Gasteiger partial charge >= 0.3 is 0 Å². The van der Waals surface area contributed by atoms with Gasteiger partial charge in [0.25, 0.3) is 0 Å². The summed E-state index contributed by atoms with van der Waals surface area (Å²) in [7, 11) is 0. The molecule has 0 atom stereocenters. The van der Waals surface area contributed by atoms with Crippen molar-refractivity contribution in [2.75, 3.05) is 0 Å². The molecular weight excluding hydrogens is 239 g/mol. The molecule has 0 unspecified atom stereocenters. The maximum absolute atomic E-state index is 13.7. The smallest absolute Gasteiger partial charge is 0.186 e. The first-order valence-electron chi connectivity index (χ1n) is 5.47. The first kappa shape index (κ1) is 12.0. The molecule has 0 amide bonds. The van der Waals surface area contributed by atoms with Crippen LogP contribution in [0.25, 0.3) is 11.3 Å². The molecule has 0 saturated carbocycles. The van der Waals surface area contributed by atoms with E-state index in [0.29, 0.717) is 5.56 Å². The van der Waals surface area contributed by atoms with Crippen LogP contribution in [0.15, 0.2) is 30.6 Å². The zero-order chi connectivity index (χ0) is 12.3. The lowest BCUT2D eigenvalue weighted by molar-refractivity contribution is 0.618. The van der Waals surface area contributed by atoms with Crippen LogP contribution in [0.4, 0.5) is 4.39 Å². The van der Waals surface area contributed by atoms with Crippen molar-refractivity contribution in [3.05, 3.63) is 47.1 Å². The van der Waals surface area contributed by atoms with Gasteiger partial charge in [0, 0.05) is 5.56 Å². The molecule has 0 aliphatic rings. The number of aryl methyl sites for hydroxylation is 1. The Morgan fingerprint density at radius 3 is 2.53 bits per heavy atom. The van der Waals surface area contributed by atoms with E-state index in [1.54, 1.807) is 0 Å².